The van der Waals surface area contributed by atoms with Crippen molar-refractivity contribution >= 4 is 12.3 Å². The summed E-state index contributed by atoms with van der Waals surface area (Å²) in [4.78, 5) is 16.3. The van der Waals surface area contributed by atoms with Crippen LogP contribution in [-0.4, -0.2) is 18.9 Å². The molecule has 1 N–H and O–H groups in total. The fourth-order valence-corrected chi connectivity index (χ4v) is 1.93. The fraction of sp³-hybridized carbons (Fsp3) is 0.263. The second-order valence-corrected chi connectivity index (χ2v) is 5.36. The highest BCUT2D eigenvalue weighted by molar-refractivity contribution is 5.79. The van der Waals surface area contributed by atoms with Gasteiger partial charge >= 0.3 is 6.09 Å². The molecule has 0 saturated heterocycles. The minimum absolute atomic E-state index is 0.320. The zero-order valence-corrected chi connectivity index (χ0v) is 14.1. The highest BCUT2D eigenvalue weighted by Crippen LogP contribution is 2.12. The Morgan fingerprint density at radius 3 is 2.56 bits per heavy atom. The van der Waals surface area contributed by atoms with Crippen LogP contribution in [0, 0.1) is 5.82 Å². The van der Waals surface area contributed by atoms with Gasteiger partial charge in [0.2, 0.25) is 0 Å². The van der Waals surface area contributed by atoms with Gasteiger partial charge in [-0.15, -0.1) is 0 Å². The summed E-state index contributed by atoms with van der Waals surface area (Å²) in [5, 5.41) is 6.15. The number of nitrogens with zero attached hydrogens (tertiary/aromatic N) is 1. The van der Waals surface area contributed by atoms with E-state index >= 15 is 0 Å². The van der Waals surface area contributed by atoms with E-state index in [4.69, 9.17) is 4.74 Å². The van der Waals surface area contributed by atoms with E-state index in [0.29, 0.717) is 18.7 Å². The fourth-order valence-electron chi connectivity index (χ4n) is 1.93. The first-order valence-corrected chi connectivity index (χ1v) is 8.13. The molecular weight excluding hydrogens is 323 g/mol. The van der Waals surface area contributed by atoms with Gasteiger partial charge in [0.25, 0.3) is 0 Å². The summed E-state index contributed by atoms with van der Waals surface area (Å²) >= 11 is 0. The second kappa shape index (κ2) is 10.1. The van der Waals surface area contributed by atoms with Crippen LogP contribution in [0.3, 0.4) is 0 Å². The number of unbranched alkanes of at least 4 members (excludes halogenated alkanes) is 1. The molecule has 0 fully saturated rings. The minimum atomic E-state index is -0.665. The minimum Gasteiger partial charge on any atom is -0.494 e. The summed E-state index contributed by atoms with van der Waals surface area (Å²) in [6, 6.07) is 13.2. The van der Waals surface area contributed by atoms with Crippen molar-refractivity contribution in [3.8, 4) is 5.75 Å². The molecular formula is C19H21FN2O3. The largest absolute Gasteiger partial charge is 0.494 e. The third-order valence-corrected chi connectivity index (χ3v) is 3.33. The van der Waals surface area contributed by atoms with Gasteiger partial charge in [-0.25, -0.2) is 9.18 Å². The molecule has 0 unspecified atom stereocenters. The van der Waals surface area contributed by atoms with E-state index in [0.717, 1.165) is 24.2 Å². The molecule has 0 heterocycles. The molecule has 0 aliphatic carbocycles. The van der Waals surface area contributed by atoms with Crippen molar-refractivity contribution in [2.75, 3.05) is 6.61 Å². The SMILES string of the molecule is CCCCOc1ccc(CNC(=O)O/N=C/c2ccc(F)cc2)cc1. The first-order chi connectivity index (χ1) is 12.2. The lowest BCUT2D eigenvalue weighted by Crippen LogP contribution is -2.22. The molecule has 2 aromatic rings. The van der Waals surface area contributed by atoms with Gasteiger partial charge in [0.1, 0.15) is 11.6 Å². The highest BCUT2D eigenvalue weighted by atomic mass is 19.1. The average Bonchev–Trinajstić information content (AvgIpc) is 2.63. The van der Waals surface area contributed by atoms with E-state index in [2.05, 4.69) is 22.2 Å². The Labute approximate surface area is 146 Å². The molecule has 5 nitrogen and oxygen atoms in total. The first kappa shape index (κ1) is 18.4. The topological polar surface area (TPSA) is 59.9 Å². The third-order valence-electron chi connectivity index (χ3n) is 3.33. The quantitative estimate of drug-likeness (QED) is 0.337. The summed E-state index contributed by atoms with van der Waals surface area (Å²) < 4.78 is 18.3. The van der Waals surface area contributed by atoms with Crippen molar-refractivity contribution in [2.45, 2.75) is 26.3 Å². The van der Waals surface area contributed by atoms with Crippen molar-refractivity contribution in [1.82, 2.24) is 5.32 Å². The summed E-state index contributed by atoms with van der Waals surface area (Å²) in [6.45, 7) is 3.13. The first-order valence-electron chi connectivity index (χ1n) is 8.13. The van der Waals surface area contributed by atoms with E-state index in [9.17, 15) is 9.18 Å². The molecule has 25 heavy (non-hydrogen) atoms. The van der Waals surface area contributed by atoms with E-state index in [1.165, 1.54) is 30.5 Å². The zero-order valence-electron chi connectivity index (χ0n) is 14.1. The van der Waals surface area contributed by atoms with Gasteiger partial charge in [-0.1, -0.05) is 42.8 Å². The van der Waals surface area contributed by atoms with Gasteiger partial charge in [-0.05, 0) is 41.8 Å². The maximum absolute atomic E-state index is 12.8. The van der Waals surface area contributed by atoms with Gasteiger partial charge in [0, 0.05) is 6.54 Å². The summed E-state index contributed by atoms with van der Waals surface area (Å²) in [7, 11) is 0. The molecule has 0 aliphatic heterocycles. The van der Waals surface area contributed by atoms with E-state index in [1.54, 1.807) is 0 Å². The molecule has 0 aliphatic rings. The monoisotopic (exact) mass is 344 g/mol. The molecule has 0 bridgehead atoms. The number of rotatable bonds is 8. The Balaban J connectivity index is 1.71. The Hall–Kier alpha value is -2.89. The van der Waals surface area contributed by atoms with E-state index in [-0.39, 0.29) is 5.82 Å². The van der Waals surface area contributed by atoms with Crippen LogP contribution in [-0.2, 0) is 11.4 Å². The smallest absolute Gasteiger partial charge is 0.433 e. The standard InChI is InChI=1S/C19H21FN2O3/c1-2-3-12-24-18-10-6-15(7-11-18)13-21-19(23)25-22-14-16-4-8-17(20)9-5-16/h4-11,14H,2-3,12-13H2,1H3,(H,21,23)/b22-14+. The Bertz CT molecular complexity index is 685. The molecule has 6 heteroatoms. The molecule has 132 valence electrons. The van der Waals surface area contributed by atoms with Crippen LogP contribution < -0.4 is 10.1 Å². The number of oxime groups is 1. The van der Waals surface area contributed by atoms with Crippen LogP contribution in [0.15, 0.2) is 53.7 Å². The summed E-state index contributed by atoms with van der Waals surface area (Å²) in [5.41, 5.74) is 1.55. The molecule has 2 rings (SSSR count). The van der Waals surface area contributed by atoms with Gasteiger partial charge in [-0.2, -0.15) is 0 Å². The van der Waals surface area contributed by atoms with E-state index in [1.807, 2.05) is 24.3 Å². The zero-order chi connectivity index (χ0) is 17.9. The normalized spacial score (nSPS) is 10.6. The molecule has 1 amide bonds. The maximum atomic E-state index is 12.8. The van der Waals surface area contributed by atoms with Crippen LogP contribution >= 0.6 is 0 Å². The lowest BCUT2D eigenvalue weighted by Gasteiger charge is -2.07. The second-order valence-electron chi connectivity index (χ2n) is 5.36. The average molecular weight is 344 g/mol. The van der Waals surface area contributed by atoms with Crippen LogP contribution in [0.1, 0.15) is 30.9 Å². The molecule has 0 atom stereocenters. The Kier molecular flexibility index (Phi) is 7.43. The van der Waals surface area contributed by atoms with Gasteiger partial charge in [0.15, 0.2) is 0 Å². The van der Waals surface area contributed by atoms with Crippen molar-refractivity contribution in [3.05, 3.63) is 65.5 Å². The van der Waals surface area contributed by atoms with Crippen molar-refractivity contribution in [2.24, 2.45) is 5.16 Å². The molecule has 0 spiro atoms. The number of benzene rings is 2. The van der Waals surface area contributed by atoms with E-state index < -0.39 is 6.09 Å². The predicted molar refractivity (Wildman–Crippen MR) is 94.2 cm³/mol. The number of carbonyl (C=O) groups is 1. The van der Waals surface area contributed by atoms with Gasteiger partial charge in [-0.3, -0.25) is 4.84 Å². The highest BCUT2D eigenvalue weighted by Gasteiger charge is 2.02. The van der Waals surface area contributed by atoms with Crippen LogP contribution in [0.25, 0.3) is 0 Å². The van der Waals surface area contributed by atoms with Crippen molar-refractivity contribution in [1.29, 1.82) is 0 Å². The maximum Gasteiger partial charge on any atom is 0.433 e. The van der Waals surface area contributed by atoms with Crippen molar-refractivity contribution < 1.29 is 18.8 Å². The third kappa shape index (κ3) is 7.03. The van der Waals surface area contributed by atoms with Crippen LogP contribution in [0.5, 0.6) is 5.75 Å². The number of amides is 1. The molecule has 0 aromatic heterocycles. The lowest BCUT2D eigenvalue weighted by atomic mass is 10.2. The molecule has 0 radical (unpaired) electrons. The Morgan fingerprint density at radius 1 is 1.16 bits per heavy atom. The number of ether oxygens (including phenoxy) is 1. The van der Waals surface area contributed by atoms with Gasteiger partial charge < -0.3 is 10.1 Å². The van der Waals surface area contributed by atoms with Crippen molar-refractivity contribution in [3.63, 3.8) is 0 Å². The van der Waals surface area contributed by atoms with Crippen LogP contribution in [0.4, 0.5) is 9.18 Å². The van der Waals surface area contributed by atoms with Crippen LogP contribution in [0.2, 0.25) is 0 Å². The molecule has 2 aromatic carbocycles. The number of hydrogen-bond acceptors (Lipinski definition) is 4. The number of halogens is 1. The van der Waals surface area contributed by atoms with Gasteiger partial charge in [0.05, 0.1) is 12.8 Å². The Morgan fingerprint density at radius 2 is 1.88 bits per heavy atom. The molecule has 0 saturated carbocycles. The summed E-state index contributed by atoms with van der Waals surface area (Å²) in [5.74, 6) is 0.473. The predicted octanol–water partition coefficient (Wildman–Crippen LogP) is 4.26. The lowest BCUT2D eigenvalue weighted by molar-refractivity contribution is 0.151. The number of hydrogen-bond donors (Lipinski definition) is 1. The number of carbonyl (C=O) groups excluding carboxylic acids is 1. The summed E-state index contributed by atoms with van der Waals surface area (Å²) in [6.07, 6.45) is 2.78. The number of nitrogens with one attached hydrogen (secondary N) is 1.